The normalized spacial score (nSPS) is 27.5. The molecule has 0 saturated heterocycles. The molecule has 4 nitrogen and oxygen atoms in total. The van der Waals surface area contributed by atoms with Gasteiger partial charge in [-0.3, -0.25) is 0 Å². The van der Waals surface area contributed by atoms with E-state index in [0.717, 1.165) is 29.9 Å². The van der Waals surface area contributed by atoms with Crippen molar-refractivity contribution in [2.45, 2.75) is 45.8 Å². The van der Waals surface area contributed by atoms with Crippen LogP contribution in [0.3, 0.4) is 0 Å². The third kappa shape index (κ3) is 3.51. The summed E-state index contributed by atoms with van der Waals surface area (Å²) < 4.78 is 6.03. The average Bonchev–Trinajstić information content (AvgIpc) is 2.48. The van der Waals surface area contributed by atoms with Gasteiger partial charge in [0.25, 0.3) is 0 Å². The number of nitrogens with two attached hydrogens (primary N) is 1. The first kappa shape index (κ1) is 14.9. The molecule has 1 aromatic carbocycles. The van der Waals surface area contributed by atoms with E-state index in [0.29, 0.717) is 18.6 Å². The van der Waals surface area contributed by atoms with E-state index < -0.39 is 0 Å². The maximum absolute atomic E-state index is 8.82. The number of hydrogen-bond acceptors (Lipinski definition) is 3. The lowest BCUT2D eigenvalue weighted by molar-refractivity contribution is -0.00750. The molecule has 0 radical (unpaired) electrons. The minimum absolute atomic E-state index is 0.134. The lowest BCUT2D eigenvalue weighted by atomic mass is 9.80. The number of oxime groups is 1. The third-order valence-corrected chi connectivity index (χ3v) is 4.43. The topological polar surface area (TPSA) is 67.8 Å². The Morgan fingerprint density at radius 2 is 2.05 bits per heavy atom. The summed E-state index contributed by atoms with van der Waals surface area (Å²) >= 11 is 0. The molecule has 0 heterocycles. The zero-order valence-electron chi connectivity index (χ0n) is 12.2. The molecule has 3 atom stereocenters. The second-order valence-corrected chi connectivity index (χ2v) is 5.84. The Morgan fingerprint density at radius 1 is 1.30 bits per heavy atom. The maximum Gasteiger partial charge on any atom is 0.170 e. The number of benzene rings is 1. The van der Waals surface area contributed by atoms with Gasteiger partial charge in [-0.05, 0) is 36.7 Å². The first-order chi connectivity index (χ1) is 9.61. The van der Waals surface area contributed by atoms with Gasteiger partial charge in [-0.15, -0.1) is 0 Å². The Bertz CT molecular complexity index is 473. The van der Waals surface area contributed by atoms with Crippen molar-refractivity contribution in [2.75, 3.05) is 0 Å². The fourth-order valence-electron chi connectivity index (χ4n) is 2.81. The first-order valence-electron chi connectivity index (χ1n) is 7.29. The maximum atomic E-state index is 8.82. The van der Waals surface area contributed by atoms with Crippen molar-refractivity contribution in [2.24, 2.45) is 22.7 Å². The summed E-state index contributed by atoms with van der Waals surface area (Å²) in [5, 5.41) is 11.9. The molecular formula is C16H24N2O2. The van der Waals surface area contributed by atoms with Crippen LogP contribution >= 0.6 is 0 Å². The Morgan fingerprint density at radius 3 is 2.75 bits per heavy atom. The Balaban J connectivity index is 1.98. The van der Waals surface area contributed by atoms with Crippen LogP contribution in [0.15, 0.2) is 29.4 Å². The predicted molar refractivity (Wildman–Crippen MR) is 79.7 cm³/mol. The fraction of sp³-hybridized carbons (Fsp3) is 0.562. The van der Waals surface area contributed by atoms with E-state index in [1.165, 1.54) is 6.42 Å². The van der Waals surface area contributed by atoms with Gasteiger partial charge in [0.2, 0.25) is 0 Å². The van der Waals surface area contributed by atoms with Crippen LogP contribution in [0.4, 0.5) is 0 Å². The molecule has 1 aliphatic carbocycles. The van der Waals surface area contributed by atoms with Gasteiger partial charge in [-0.1, -0.05) is 43.3 Å². The van der Waals surface area contributed by atoms with Crippen molar-refractivity contribution < 1.29 is 9.94 Å². The van der Waals surface area contributed by atoms with E-state index in [2.05, 4.69) is 19.0 Å². The van der Waals surface area contributed by atoms with Gasteiger partial charge >= 0.3 is 0 Å². The molecule has 2 rings (SSSR count). The molecule has 110 valence electrons. The van der Waals surface area contributed by atoms with Crippen LogP contribution in [0, 0.1) is 11.8 Å². The highest BCUT2D eigenvalue weighted by molar-refractivity contribution is 5.98. The highest BCUT2D eigenvalue weighted by Gasteiger charge is 2.25. The lowest BCUT2D eigenvalue weighted by Gasteiger charge is -2.32. The van der Waals surface area contributed by atoms with Gasteiger partial charge in [0.1, 0.15) is 0 Å². The largest absolute Gasteiger partial charge is 0.409 e. The summed E-state index contributed by atoms with van der Waals surface area (Å²) in [5.74, 6) is 1.64. The molecular weight excluding hydrogens is 252 g/mol. The average molecular weight is 276 g/mol. The highest BCUT2D eigenvalue weighted by atomic mass is 16.5. The standard InChI is InChI=1S/C16H24N2O2/c1-11-7-8-14(9-12(11)2)20-10-13-5-3-4-6-15(13)16(17)18-19/h3-6,11-12,14,19H,7-10H2,1-2H3,(H2,17,18). The smallest absolute Gasteiger partial charge is 0.170 e. The number of hydrogen-bond donors (Lipinski definition) is 2. The van der Waals surface area contributed by atoms with Gasteiger partial charge in [-0.2, -0.15) is 0 Å². The fourth-order valence-corrected chi connectivity index (χ4v) is 2.81. The molecule has 4 heteroatoms. The van der Waals surface area contributed by atoms with Crippen molar-refractivity contribution in [1.29, 1.82) is 0 Å². The molecule has 0 aliphatic heterocycles. The van der Waals surface area contributed by atoms with E-state index in [9.17, 15) is 0 Å². The molecule has 3 N–H and O–H groups in total. The highest BCUT2D eigenvalue weighted by Crippen LogP contribution is 2.31. The Hall–Kier alpha value is -1.55. The summed E-state index contributed by atoms with van der Waals surface area (Å²) in [6, 6.07) is 7.63. The van der Waals surface area contributed by atoms with Crippen molar-refractivity contribution in [1.82, 2.24) is 0 Å². The molecule has 0 aromatic heterocycles. The van der Waals surface area contributed by atoms with Crippen LogP contribution in [0.25, 0.3) is 0 Å². The van der Waals surface area contributed by atoms with Crippen molar-refractivity contribution in [3.05, 3.63) is 35.4 Å². The first-order valence-corrected chi connectivity index (χ1v) is 7.29. The molecule has 0 amide bonds. The van der Waals surface area contributed by atoms with Crippen LogP contribution in [0.1, 0.15) is 44.2 Å². The quantitative estimate of drug-likeness (QED) is 0.384. The minimum atomic E-state index is 0.134. The zero-order valence-corrected chi connectivity index (χ0v) is 12.2. The van der Waals surface area contributed by atoms with Gasteiger partial charge < -0.3 is 15.7 Å². The van der Waals surface area contributed by atoms with Crippen LogP contribution in [0.2, 0.25) is 0 Å². The van der Waals surface area contributed by atoms with Crippen LogP contribution in [-0.4, -0.2) is 17.1 Å². The van der Waals surface area contributed by atoms with Gasteiger partial charge in [-0.25, -0.2) is 0 Å². The lowest BCUT2D eigenvalue weighted by Crippen LogP contribution is -2.27. The molecule has 1 aliphatic rings. The van der Waals surface area contributed by atoms with Gasteiger partial charge in [0.15, 0.2) is 5.84 Å². The molecule has 0 bridgehead atoms. The third-order valence-electron chi connectivity index (χ3n) is 4.43. The molecule has 20 heavy (non-hydrogen) atoms. The number of rotatable bonds is 4. The Kier molecular flexibility index (Phi) is 5.01. The predicted octanol–water partition coefficient (Wildman–Crippen LogP) is 3.12. The molecule has 1 fully saturated rings. The van der Waals surface area contributed by atoms with E-state index in [1.807, 2.05) is 24.3 Å². The second kappa shape index (κ2) is 6.75. The van der Waals surface area contributed by atoms with E-state index >= 15 is 0 Å². The van der Waals surface area contributed by atoms with E-state index in [1.54, 1.807) is 0 Å². The molecule has 1 saturated carbocycles. The minimum Gasteiger partial charge on any atom is -0.409 e. The summed E-state index contributed by atoms with van der Waals surface area (Å²) in [4.78, 5) is 0. The number of nitrogens with zero attached hydrogens (tertiary/aromatic N) is 1. The summed E-state index contributed by atoms with van der Waals surface area (Å²) in [7, 11) is 0. The van der Waals surface area contributed by atoms with Crippen molar-refractivity contribution in [3.8, 4) is 0 Å². The summed E-state index contributed by atoms with van der Waals surface area (Å²) in [6.45, 7) is 5.12. The molecule has 1 aromatic rings. The monoisotopic (exact) mass is 276 g/mol. The summed E-state index contributed by atoms with van der Waals surface area (Å²) in [6.07, 6.45) is 3.79. The molecule has 3 unspecified atom stereocenters. The van der Waals surface area contributed by atoms with Crippen molar-refractivity contribution >= 4 is 5.84 Å². The van der Waals surface area contributed by atoms with Crippen molar-refractivity contribution in [3.63, 3.8) is 0 Å². The van der Waals surface area contributed by atoms with Crippen LogP contribution in [0.5, 0.6) is 0 Å². The zero-order chi connectivity index (χ0) is 14.5. The number of amidine groups is 1. The van der Waals surface area contributed by atoms with Crippen LogP contribution in [-0.2, 0) is 11.3 Å². The van der Waals surface area contributed by atoms with Gasteiger partial charge in [0, 0.05) is 5.56 Å². The second-order valence-electron chi connectivity index (χ2n) is 5.84. The van der Waals surface area contributed by atoms with Crippen LogP contribution < -0.4 is 5.73 Å². The molecule has 0 spiro atoms. The number of ether oxygens (including phenoxy) is 1. The van der Waals surface area contributed by atoms with Gasteiger partial charge in [0.05, 0.1) is 12.7 Å². The van der Waals surface area contributed by atoms with E-state index in [4.69, 9.17) is 15.7 Å². The van der Waals surface area contributed by atoms with E-state index in [-0.39, 0.29) is 5.84 Å². The summed E-state index contributed by atoms with van der Waals surface area (Å²) in [5.41, 5.74) is 7.40. The Labute approximate surface area is 120 Å². The SMILES string of the molecule is CC1CCC(OCc2ccccc2C(N)=NO)CC1C.